The monoisotopic (exact) mass is 407 g/mol. The summed E-state index contributed by atoms with van der Waals surface area (Å²) >= 11 is 0. The van der Waals surface area contributed by atoms with Gasteiger partial charge in [0.05, 0.1) is 32.4 Å². The summed E-state index contributed by atoms with van der Waals surface area (Å²) in [7, 11) is 5.89. The Hall–Kier alpha value is -3.30. The second-order valence-electron chi connectivity index (χ2n) is 6.47. The molecular weight excluding hydrogens is 382 g/mol. The lowest BCUT2D eigenvalue weighted by atomic mass is 10.1. The predicted octanol–water partition coefficient (Wildman–Crippen LogP) is -0.196. The molecule has 1 heterocycles. The summed E-state index contributed by atoms with van der Waals surface area (Å²) in [6, 6.07) is 5.02. The number of anilines is 1. The Morgan fingerprint density at radius 2 is 1.97 bits per heavy atom. The van der Waals surface area contributed by atoms with E-state index in [1.165, 1.54) is 33.2 Å². The summed E-state index contributed by atoms with van der Waals surface area (Å²) in [6.07, 6.45) is -0.0315. The molecule has 10 heteroatoms. The number of methoxy groups -OCH3 is 2. The molecule has 1 N–H and O–H groups in total. The number of nitrogens with zero attached hydrogens (tertiary/aromatic N) is 2. The van der Waals surface area contributed by atoms with Crippen molar-refractivity contribution in [2.75, 3.05) is 52.9 Å². The molecule has 1 aliphatic heterocycles. The zero-order valence-electron chi connectivity index (χ0n) is 16.9. The number of hydrogen-bond acceptors (Lipinski definition) is 7. The van der Waals surface area contributed by atoms with E-state index in [9.17, 15) is 19.2 Å². The lowest BCUT2D eigenvalue weighted by Crippen LogP contribution is -2.39. The van der Waals surface area contributed by atoms with Crippen molar-refractivity contribution in [3.63, 3.8) is 0 Å². The lowest BCUT2D eigenvalue weighted by Gasteiger charge is -2.20. The molecule has 0 spiro atoms. The highest BCUT2D eigenvalue weighted by Gasteiger charge is 2.37. The Kier molecular flexibility index (Phi) is 7.40. The van der Waals surface area contributed by atoms with Crippen molar-refractivity contribution in [1.82, 2.24) is 10.2 Å². The van der Waals surface area contributed by atoms with Crippen LogP contribution in [0.2, 0.25) is 0 Å². The molecule has 0 radical (unpaired) electrons. The van der Waals surface area contributed by atoms with Gasteiger partial charge in [0.25, 0.3) is 5.91 Å². The molecule has 1 aromatic rings. The molecule has 0 aromatic heterocycles. The molecule has 10 nitrogen and oxygen atoms in total. The maximum Gasteiger partial charge on any atom is 0.311 e. The van der Waals surface area contributed by atoms with Crippen LogP contribution in [-0.4, -0.2) is 76.6 Å². The van der Waals surface area contributed by atoms with Crippen LogP contribution in [0.4, 0.5) is 5.69 Å². The van der Waals surface area contributed by atoms with Crippen LogP contribution in [-0.2, 0) is 23.9 Å². The van der Waals surface area contributed by atoms with Crippen LogP contribution in [0.5, 0.6) is 11.5 Å². The first-order valence-corrected chi connectivity index (χ1v) is 8.94. The van der Waals surface area contributed by atoms with Gasteiger partial charge in [-0.3, -0.25) is 19.2 Å². The predicted molar refractivity (Wildman–Crippen MR) is 103 cm³/mol. The molecular formula is C19H25N3O7. The van der Waals surface area contributed by atoms with Crippen molar-refractivity contribution < 1.29 is 33.4 Å². The maximum atomic E-state index is 12.4. The van der Waals surface area contributed by atoms with Gasteiger partial charge in [-0.15, -0.1) is 0 Å². The van der Waals surface area contributed by atoms with Crippen LogP contribution >= 0.6 is 0 Å². The van der Waals surface area contributed by atoms with E-state index in [-0.39, 0.29) is 31.3 Å². The molecule has 1 aliphatic rings. The van der Waals surface area contributed by atoms with Crippen molar-refractivity contribution >= 4 is 29.4 Å². The molecule has 0 aliphatic carbocycles. The smallest absolute Gasteiger partial charge is 0.311 e. The highest BCUT2D eigenvalue weighted by Crippen LogP contribution is 2.35. The van der Waals surface area contributed by atoms with Gasteiger partial charge in [0.1, 0.15) is 11.5 Å². The number of carbonyl (C=O) groups is 4. The minimum absolute atomic E-state index is 0.0315. The van der Waals surface area contributed by atoms with Gasteiger partial charge >= 0.3 is 5.97 Å². The second kappa shape index (κ2) is 9.76. The second-order valence-corrected chi connectivity index (χ2v) is 6.47. The van der Waals surface area contributed by atoms with Crippen molar-refractivity contribution in [3.05, 3.63) is 18.2 Å². The Labute approximate surface area is 168 Å². The number of benzene rings is 1. The molecule has 2 rings (SSSR count). The minimum atomic E-state index is -0.702. The molecule has 1 atom stereocenters. The third kappa shape index (κ3) is 5.37. The van der Waals surface area contributed by atoms with E-state index in [0.717, 1.165) is 4.90 Å². The highest BCUT2D eigenvalue weighted by atomic mass is 16.5. The number of hydrogen-bond donors (Lipinski definition) is 1. The van der Waals surface area contributed by atoms with Gasteiger partial charge < -0.3 is 29.3 Å². The van der Waals surface area contributed by atoms with Crippen LogP contribution in [0.3, 0.4) is 0 Å². The summed E-state index contributed by atoms with van der Waals surface area (Å²) in [4.78, 5) is 50.6. The number of ether oxygens (including phenoxy) is 3. The van der Waals surface area contributed by atoms with Gasteiger partial charge in [0.15, 0.2) is 6.61 Å². The minimum Gasteiger partial charge on any atom is -0.497 e. The number of esters is 1. The van der Waals surface area contributed by atoms with E-state index in [1.54, 1.807) is 18.2 Å². The van der Waals surface area contributed by atoms with Crippen LogP contribution < -0.4 is 19.7 Å². The number of rotatable bonds is 8. The number of likely N-dealkylation sites (N-methyl/N-ethyl adjacent to an activating group) is 2. The Bertz CT molecular complexity index is 796. The lowest BCUT2D eigenvalue weighted by molar-refractivity contribution is -0.155. The first kappa shape index (κ1) is 22.0. The van der Waals surface area contributed by atoms with E-state index in [0.29, 0.717) is 17.2 Å². The first-order valence-electron chi connectivity index (χ1n) is 8.94. The molecule has 29 heavy (non-hydrogen) atoms. The van der Waals surface area contributed by atoms with Crippen molar-refractivity contribution in [2.24, 2.45) is 5.92 Å². The quantitative estimate of drug-likeness (QED) is 0.594. The number of nitrogens with one attached hydrogen (secondary N) is 1. The standard InChI is InChI=1S/C19H25N3O7/c1-20-16(23)10-21(2)18(25)11-29-19(26)12-7-17(24)22(9-12)14-6-5-13(27-3)8-15(14)28-4/h5-6,8,12H,7,9-11H2,1-4H3,(H,20,23)/t12-/m1/s1. The van der Waals surface area contributed by atoms with E-state index in [2.05, 4.69) is 5.32 Å². The average Bonchev–Trinajstić information content (AvgIpc) is 3.12. The zero-order chi connectivity index (χ0) is 21.6. The normalized spacial score (nSPS) is 15.7. The van der Waals surface area contributed by atoms with Gasteiger partial charge in [0.2, 0.25) is 11.8 Å². The van der Waals surface area contributed by atoms with Gasteiger partial charge in [0, 0.05) is 33.1 Å². The Balaban J connectivity index is 1.97. The first-order chi connectivity index (χ1) is 13.8. The molecule has 1 fully saturated rings. The molecule has 0 unspecified atom stereocenters. The summed E-state index contributed by atoms with van der Waals surface area (Å²) < 4.78 is 15.5. The SMILES string of the molecule is CNC(=O)CN(C)C(=O)COC(=O)[C@@H]1CC(=O)N(c2ccc(OC)cc2OC)C1. The van der Waals surface area contributed by atoms with Crippen molar-refractivity contribution in [3.8, 4) is 11.5 Å². The van der Waals surface area contributed by atoms with Crippen LogP contribution in [0.25, 0.3) is 0 Å². The fourth-order valence-electron chi connectivity index (χ4n) is 2.85. The van der Waals surface area contributed by atoms with E-state index in [4.69, 9.17) is 14.2 Å². The topological polar surface area (TPSA) is 114 Å². The summed E-state index contributed by atoms with van der Waals surface area (Å²) in [6.45, 7) is -0.522. The Morgan fingerprint density at radius 3 is 2.59 bits per heavy atom. The molecule has 0 saturated carbocycles. The molecule has 1 saturated heterocycles. The zero-order valence-corrected chi connectivity index (χ0v) is 16.9. The van der Waals surface area contributed by atoms with Gasteiger partial charge in [-0.1, -0.05) is 0 Å². The highest BCUT2D eigenvalue weighted by molar-refractivity contribution is 6.00. The van der Waals surface area contributed by atoms with Gasteiger partial charge in [-0.25, -0.2) is 0 Å². The van der Waals surface area contributed by atoms with Crippen LogP contribution in [0.15, 0.2) is 18.2 Å². The van der Waals surface area contributed by atoms with Gasteiger partial charge in [-0.05, 0) is 12.1 Å². The number of carbonyl (C=O) groups excluding carboxylic acids is 4. The van der Waals surface area contributed by atoms with Crippen LogP contribution in [0, 0.1) is 5.92 Å². The van der Waals surface area contributed by atoms with E-state index < -0.39 is 24.4 Å². The summed E-state index contributed by atoms with van der Waals surface area (Å²) in [5.74, 6) is -1.43. The summed E-state index contributed by atoms with van der Waals surface area (Å²) in [5.41, 5.74) is 0.523. The fraction of sp³-hybridized carbons (Fsp3) is 0.474. The van der Waals surface area contributed by atoms with Crippen LogP contribution in [0.1, 0.15) is 6.42 Å². The third-order valence-electron chi connectivity index (χ3n) is 4.56. The van der Waals surface area contributed by atoms with Gasteiger partial charge in [-0.2, -0.15) is 0 Å². The Morgan fingerprint density at radius 1 is 1.24 bits per heavy atom. The average molecular weight is 407 g/mol. The molecule has 1 aromatic carbocycles. The molecule has 0 bridgehead atoms. The fourth-order valence-corrected chi connectivity index (χ4v) is 2.85. The third-order valence-corrected chi connectivity index (χ3v) is 4.56. The van der Waals surface area contributed by atoms with Crippen molar-refractivity contribution in [1.29, 1.82) is 0 Å². The van der Waals surface area contributed by atoms with E-state index >= 15 is 0 Å². The molecule has 158 valence electrons. The number of amides is 3. The molecule has 3 amide bonds. The summed E-state index contributed by atoms with van der Waals surface area (Å²) in [5, 5.41) is 2.40. The maximum absolute atomic E-state index is 12.4. The van der Waals surface area contributed by atoms with Crippen molar-refractivity contribution in [2.45, 2.75) is 6.42 Å². The largest absolute Gasteiger partial charge is 0.497 e. The van der Waals surface area contributed by atoms with E-state index in [1.807, 2.05) is 0 Å².